The summed E-state index contributed by atoms with van der Waals surface area (Å²) in [6, 6.07) is 13.9. The molecule has 1 aromatic carbocycles. The molecule has 1 aliphatic heterocycles. The van der Waals surface area contributed by atoms with Gasteiger partial charge in [-0.05, 0) is 49.8 Å². The maximum absolute atomic E-state index is 13.4. The van der Waals surface area contributed by atoms with Crippen LogP contribution in [-0.4, -0.2) is 46.7 Å². The van der Waals surface area contributed by atoms with Crippen molar-refractivity contribution in [3.63, 3.8) is 0 Å². The summed E-state index contributed by atoms with van der Waals surface area (Å²) in [7, 11) is 1.88. The van der Waals surface area contributed by atoms with E-state index in [1.807, 2.05) is 54.1 Å². The SMILES string of the molecule is Cc1cccnc1C(c1ccccc1)N(C)C(=O)C1CCN(C(=O)C2CC2)CC1. The van der Waals surface area contributed by atoms with Crippen LogP contribution in [0.3, 0.4) is 0 Å². The Bertz CT molecular complexity index is 871. The molecule has 1 aliphatic carbocycles. The van der Waals surface area contributed by atoms with Gasteiger partial charge in [0.1, 0.15) is 0 Å². The number of piperidine rings is 1. The highest BCUT2D eigenvalue weighted by Crippen LogP contribution is 2.34. The maximum Gasteiger partial charge on any atom is 0.226 e. The fraction of sp³-hybridized carbons (Fsp3) is 0.458. The smallest absolute Gasteiger partial charge is 0.226 e. The van der Waals surface area contributed by atoms with Gasteiger partial charge in [-0.3, -0.25) is 14.6 Å². The molecule has 2 aromatic rings. The van der Waals surface area contributed by atoms with Gasteiger partial charge in [-0.1, -0.05) is 36.4 Å². The number of nitrogens with zero attached hydrogens (tertiary/aromatic N) is 3. The monoisotopic (exact) mass is 391 g/mol. The van der Waals surface area contributed by atoms with Gasteiger partial charge >= 0.3 is 0 Å². The Morgan fingerprint density at radius 3 is 2.31 bits per heavy atom. The Morgan fingerprint density at radius 1 is 1.00 bits per heavy atom. The third-order valence-corrected chi connectivity index (χ3v) is 6.24. The largest absolute Gasteiger partial charge is 0.342 e. The van der Waals surface area contributed by atoms with Crippen molar-refractivity contribution in [1.82, 2.24) is 14.8 Å². The normalized spacial score (nSPS) is 18.3. The lowest BCUT2D eigenvalue weighted by Crippen LogP contribution is -2.45. The lowest BCUT2D eigenvalue weighted by atomic mass is 9.92. The standard InChI is InChI=1S/C24H29N3O2/c1-17-7-6-14-25-21(17)22(18-8-4-3-5-9-18)26(2)23(28)20-12-15-27(16-13-20)24(29)19-10-11-19/h3-9,14,19-20,22H,10-13,15-16H2,1-2H3. The Balaban J connectivity index is 1.52. The molecule has 0 radical (unpaired) electrons. The summed E-state index contributed by atoms with van der Waals surface area (Å²) in [5, 5.41) is 0. The summed E-state index contributed by atoms with van der Waals surface area (Å²) in [6.07, 6.45) is 5.33. The van der Waals surface area contributed by atoms with Crippen molar-refractivity contribution in [3.05, 3.63) is 65.5 Å². The van der Waals surface area contributed by atoms with Gasteiger partial charge in [-0.2, -0.15) is 0 Å². The van der Waals surface area contributed by atoms with E-state index in [9.17, 15) is 9.59 Å². The first-order valence-corrected chi connectivity index (χ1v) is 10.6. The van der Waals surface area contributed by atoms with Crippen LogP contribution in [-0.2, 0) is 9.59 Å². The van der Waals surface area contributed by atoms with Crippen molar-refractivity contribution in [2.24, 2.45) is 11.8 Å². The van der Waals surface area contributed by atoms with E-state index in [0.717, 1.165) is 42.5 Å². The van der Waals surface area contributed by atoms with Crippen LogP contribution in [0.4, 0.5) is 0 Å². The number of hydrogen-bond acceptors (Lipinski definition) is 3. The summed E-state index contributed by atoms with van der Waals surface area (Å²) in [4.78, 5) is 34.2. The minimum Gasteiger partial charge on any atom is -0.342 e. The second kappa shape index (κ2) is 8.36. The Labute approximate surface area is 172 Å². The number of likely N-dealkylation sites (tertiary alicyclic amines) is 1. The fourth-order valence-corrected chi connectivity index (χ4v) is 4.33. The van der Waals surface area contributed by atoms with Gasteiger partial charge in [0.15, 0.2) is 0 Å². The van der Waals surface area contributed by atoms with Crippen molar-refractivity contribution in [3.8, 4) is 0 Å². The molecule has 1 saturated carbocycles. The lowest BCUT2D eigenvalue weighted by Gasteiger charge is -2.36. The van der Waals surface area contributed by atoms with Gasteiger partial charge in [-0.15, -0.1) is 0 Å². The molecule has 1 saturated heterocycles. The average Bonchev–Trinajstić information content (AvgIpc) is 3.60. The van der Waals surface area contributed by atoms with E-state index in [-0.39, 0.29) is 29.7 Å². The Hall–Kier alpha value is -2.69. The fourth-order valence-electron chi connectivity index (χ4n) is 4.33. The summed E-state index contributed by atoms with van der Waals surface area (Å²) in [5.74, 6) is 0.635. The minimum absolute atomic E-state index is 0.0431. The Morgan fingerprint density at radius 2 is 1.69 bits per heavy atom. The van der Waals surface area contributed by atoms with Crippen LogP contribution in [0.5, 0.6) is 0 Å². The predicted octanol–water partition coefficient (Wildman–Crippen LogP) is 3.59. The van der Waals surface area contributed by atoms with Gasteiger partial charge in [0, 0.05) is 38.2 Å². The molecule has 5 heteroatoms. The first-order chi connectivity index (χ1) is 14.1. The number of pyridine rings is 1. The number of amides is 2. The lowest BCUT2D eigenvalue weighted by molar-refractivity contribution is -0.141. The molecule has 2 amide bonds. The highest BCUT2D eigenvalue weighted by Gasteiger charge is 2.37. The number of aromatic nitrogens is 1. The van der Waals surface area contributed by atoms with E-state index in [2.05, 4.69) is 17.1 Å². The minimum atomic E-state index is -0.212. The van der Waals surface area contributed by atoms with Crippen molar-refractivity contribution < 1.29 is 9.59 Å². The second-order valence-electron chi connectivity index (χ2n) is 8.34. The maximum atomic E-state index is 13.4. The van der Waals surface area contributed by atoms with Gasteiger partial charge in [0.25, 0.3) is 0 Å². The zero-order valence-corrected chi connectivity index (χ0v) is 17.3. The summed E-state index contributed by atoms with van der Waals surface area (Å²) in [5.41, 5.74) is 3.05. The van der Waals surface area contributed by atoms with Crippen LogP contribution in [0.1, 0.15) is 48.5 Å². The van der Waals surface area contributed by atoms with E-state index in [4.69, 9.17) is 0 Å². The van der Waals surface area contributed by atoms with E-state index in [0.29, 0.717) is 13.1 Å². The van der Waals surface area contributed by atoms with E-state index < -0.39 is 0 Å². The van der Waals surface area contributed by atoms with Gasteiger partial charge < -0.3 is 9.80 Å². The molecule has 0 N–H and O–H groups in total. The summed E-state index contributed by atoms with van der Waals surface area (Å²) >= 11 is 0. The van der Waals surface area contributed by atoms with E-state index in [1.54, 1.807) is 6.20 Å². The molecule has 5 nitrogen and oxygen atoms in total. The molecule has 1 unspecified atom stereocenters. The number of hydrogen-bond donors (Lipinski definition) is 0. The molecule has 1 atom stereocenters. The molecule has 2 aliphatic rings. The van der Waals surface area contributed by atoms with E-state index >= 15 is 0 Å². The zero-order valence-electron chi connectivity index (χ0n) is 17.3. The quantitative estimate of drug-likeness (QED) is 0.783. The summed E-state index contributed by atoms with van der Waals surface area (Å²) in [6.45, 7) is 3.43. The van der Waals surface area contributed by atoms with Crippen molar-refractivity contribution in [1.29, 1.82) is 0 Å². The number of aryl methyl sites for hydroxylation is 1. The third-order valence-electron chi connectivity index (χ3n) is 6.24. The molecule has 4 rings (SSSR count). The number of rotatable bonds is 5. The van der Waals surface area contributed by atoms with Crippen LogP contribution >= 0.6 is 0 Å². The predicted molar refractivity (Wildman–Crippen MR) is 112 cm³/mol. The van der Waals surface area contributed by atoms with Crippen LogP contribution in [0.15, 0.2) is 48.7 Å². The highest BCUT2D eigenvalue weighted by atomic mass is 16.2. The molecule has 1 aromatic heterocycles. The van der Waals surface area contributed by atoms with Gasteiger partial charge in [0.05, 0.1) is 11.7 Å². The van der Waals surface area contributed by atoms with Crippen LogP contribution in [0.2, 0.25) is 0 Å². The van der Waals surface area contributed by atoms with Crippen LogP contribution in [0.25, 0.3) is 0 Å². The number of carbonyl (C=O) groups is 2. The third kappa shape index (κ3) is 4.19. The Kier molecular flexibility index (Phi) is 5.65. The molecule has 2 fully saturated rings. The molecule has 0 bridgehead atoms. The second-order valence-corrected chi connectivity index (χ2v) is 8.34. The highest BCUT2D eigenvalue weighted by molar-refractivity contribution is 5.82. The molecule has 0 spiro atoms. The molecule has 2 heterocycles. The van der Waals surface area contributed by atoms with Crippen LogP contribution < -0.4 is 0 Å². The molecule has 152 valence electrons. The van der Waals surface area contributed by atoms with Crippen molar-refractivity contribution >= 4 is 11.8 Å². The first-order valence-electron chi connectivity index (χ1n) is 10.6. The van der Waals surface area contributed by atoms with Crippen molar-refractivity contribution in [2.45, 2.75) is 38.6 Å². The average molecular weight is 392 g/mol. The van der Waals surface area contributed by atoms with Crippen molar-refractivity contribution in [2.75, 3.05) is 20.1 Å². The van der Waals surface area contributed by atoms with Gasteiger partial charge in [-0.25, -0.2) is 0 Å². The molecular weight excluding hydrogens is 362 g/mol. The number of carbonyl (C=O) groups excluding carboxylic acids is 2. The first kappa shape index (κ1) is 19.6. The topological polar surface area (TPSA) is 53.5 Å². The van der Waals surface area contributed by atoms with Gasteiger partial charge in [0.2, 0.25) is 11.8 Å². The summed E-state index contributed by atoms with van der Waals surface area (Å²) < 4.78 is 0. The zero-order chi connectivity index (χ0) is 20.4. The number of benzene rings is 1. The molecule has 29 heavy (non-hydrogen) atoms. The van der Waals surface area contributed by atoms with Crippen LogP contribution in [0, 0.1) is 18.8 Å². The van der Waals surface area contributed by atoms with E-state index in [1.165, 1.54) is 0 Å². The molecular formula is C24H29N3O2.